The Morgan fingerprint density at radius 1 is 1.19 bits per heavy atom. The summed E-state index contributed by atoms with van der Waals surface area (Å²) in [5.41, 5.74) is 2.58. The molecule has 0 atom stereocenters. The van der Waals surface area contributed by atoms with Gasteiger partial charge in [-0.05, 0) is 42.3 Å². The second kappa shape index (κ2) is 6.15. The Morgan fingerprint density at radius 3 is 2.52 bits per heavy atom. The van der Waals surface area contributed by atoms with E-state index in [1.807, 2.05) is 6.92 Å². The number of benzene rings is 2. The number of halogens is 2. The lowest BCUT2D eigenvalue weighted by Crippen LogP contribution is -2.04. The molecule has 0 aliphatic heterocycles. The van der Waals surface area contributed by atoms with Gasteiger partial charge in [-0.3, -0.25) is 0 Å². The monoisotopic (exact) mass is 371 g/mol. The van der Waals surface area contributed by atoms with Gasteiger partial charge < -0.3 is 5.32 Å². The third-order valence-electron chi connectivity index (χ3n) is 3.12. The number of aryl methyl sites for hydroxylation is 1. The van der Waals surface area contributed by atoms with E-state index in [1.54, 1.807) is 24.3 Å². The Kier molecular flexibility index (Phi) is 4.68. The smallest absolute Gasteiger partial charge is 0.175 e. The number of nitrogens with one attached hydrogen (secondary N) is 1. The van der Waals surface area contributed by atoms with E-state index in [-0.39, 0.29) is 10.7 Å². The van der Waals surface area contributed by atoms with E-state index >= 15 is 0 Å². The molecule has 0 saturated carbocycles. The van der Waals surface area contributed by atoms with Crippen LogP contribution in [0, 0.1) is 12.7 Å². The quantitative estimate of drug-likeness (QED) is 0.885. The highest BCUT2D eigenvalue weighted by molar-refractivity contribution is 9.10. The highest BCUT2D eigenvalue weighted by Crippen LogP contribution is 2.23. The fourth-order valence-corrected chi connectivity index (χ4v) is 3.02. The van der Waals surface area contributed by atoms with Crippen LogP contribution in [0.1, 0.15) is 11.1 Å². The third kappa shape index (κ3) is 4.04. The van der Waals surface area contributed by atoms with Crippen LogP contribution in [0.5, 0.6) is 0 Å². The van der Waals surface area contributed by atoms with E-state index < -0.39 is 9.84 Å². The van der Waals surface area contributed by atoms with Gasteiger partial charge in [0.1, 0.15) is 5.82 Å². The molecule has 112 valence electrons. The van der Waals surface area contributed by atoms with Gasteiger partial charge >= 0.3 is 0 Å². The van der Waals surface area contributed by atoms with Crippen LogP contribution in [-0.4, -0.2) is 14.7 Å². The van der Waals surface area contributed by atoms with Gasteiger partial charge in [0.15, 0.2) is 9.84 Å². The van der Waals surface area contributed by atoms with Crippen LogP contribution in [-0.2, 0) is 16.4 Å². The molecule has 0 aliphatic rings. The molecule has 0 spiro atoms. The van der Waals surface area contributed by atoms with Crippen molar-refractivity contribution in [2.24, 2.45) is 0 Å². The van der Waals surface area contributed by atoms with E-state index in [1.165, 1.54) is 18.4 Å². The highest BCUT2D eigenvalue weighted by atomic mass is 79.9. The lowest BCUT2D eigenvalue weighted by Gasteiger charge is -2.12. The Labute approximate surface area is 132 Å². The largest absolute Gasteiger partial charge is 0.381 e. The first-order chi connectivity index (χ1) is 9.77. The molecule has 1 N–H and O–H groups in total. The maximum atomic E-state index is 13.0. The van der Waals surface area contributed by atoms with Crippen LogP contribution in [0.15, 0.2) is 45.8 Å². The molecular formula is C15H15BrFNO2S. The summed E-state index contributed by atoms with van der Waals surface area (Å²) in [5, 5.41) is 3.19. The van der Waals surface area contributed by atoms with Crippen molar-refractivity contribution < 1.29 is 12.8 Å². The fourth-order valence-electron chi connectivity index (χ4n) is 1.88. The normalized spacial score (nSPS) is 11.4. The van der Waals surface area contributed by atoms with Crippen molar-refractivity contribution in [2.75, 3.05) is 11.6 Å². The van der Waals surface area contributed by atoms with Gasteiger partial charge in [0, 0.05) is 23.0 Å². The average Bonchev–Trinajstić information content (AvgIpc) is 2.38. The molecule has 0 unspecified atom stereocenters. The molecule has 0 saturated heterocycles. The zero-order chi connectivity index (χ0) is 15.6. The van der Waals surface area contributed by atoms with E-state index in [0.29, 0.717) is 11.0 Å². The van der Waals surface area contributed by atoms with Crippen molar-refractivity contribution in [1.29, 1.82) is 0 Å². The van der Waals surface area contributed by atoms with Gasteiger partial charge in [0.25, 0.3) is 0 Å². The van der Waals surface area contributed by atoms with Crippen molar-refractivity contribution in [3.8, 4) is 0 Å². The topological polar surface area (TPSA) is 46.2 Å². The fraction of sp³-hybridized carbons (Fsp3) is 0.200. The summed E-state index contributed by atoms with van der Waals surface area (Å²) in [6.07, 6.45) is 1.18. The molecule has 21 heavy (non-hydrogen) atoms. The Balaban J connectivity index is 2.23. The molecule has 0 aliphatic carbocycles. The molecule has 0 radical (unpaired) electrons. The summed E-state index contributed by atoms with van der Waals surface area (Å²) >= 11 is 3.31. The molecule has 0 amide bonds. The van der Waals surface area contributed by atoms with Crippen LogP contribution in [0.25, 0.3) is 0 Å². The summed E-state index contributed by atoms with van der Waals surface area (Å²) in [6, 6.07) is 9.44. The van der Waals surface area contributed by atoms with E-state index in [4.69, 9.17) is 0 Å². The zero-order valence-corrected chi connectivity index (χ0v) is 14.1. The Bertz CT molecular complexity index is 775. The molecule has 0 fully saturated rings. The first-order valence-corrected chi connectivity index (χ1v) is 8.94. The molecule has 6 heteroatoms. The average molecular weight is 372 g/mol. The van der Waals surface area contributed by atoms with Gasteiger partial charge in [-0.1, -0.05) is 28.1 Å². The molecule has 2 aromatic carbocycles. The van der Waals surface area contributed by atoms with Crippen molar-refractivity contribution in [3.63, 3.8) is 0 Å². The lowest BCUT2D eigenvalue weighted by atomic mass is 10.1. The number of hydrogen-bond acceptors (Lipinski definition) is 3. The van der Waals surface area contributed by atoms with Crippen LogP contribution < -0.4 is 5.32 Å². The summed E-state index contributed by atoms with van der Waals surface area (Å²) in [6.45, 7) is 2.36. The molecular weight excluding hydrogens is 357 g/mol. The summed E-state index contributed by atoms with van der Waals surface area (Å²) in [5.74, 6) is -0.305. The molecule has 3 nitrogen and oxygen atoms in total. The molecule has 0 bridgehead atoms. The van der Waals surface area contributed by atoms with Gasteiger partial charge in [-0.15, -0.1) is 0 Å². The van der Waals surface area contributed by atoms with Crippen molar-refractivity contribution in [1.82, 2.24) is 0 Å². The Hall–Kier alpha value is -1.40. The second-order valence-electron chi connectivity index (χ2n) is 4.84. The standard InChI is InChI=1S/C15H15BrFNO2S/c1-10-3-6-13(21(2,19)20)8-15(10)18-9-11-4-5-12(17)7-14(11)16/h3-8,18H,9H2,1-2H3. The molecule has 0 aromatic heterocycles. The first kappa shape index (κ1) is 16.0. The van der Waals surface area contributed by atoms with Crippen LogP contribution >= 0.6 is 15.9 Å². The zero-order valence-electron chi connectivity index (χ0n) is 11.7. The maximum absolute atomic E-state index is 13.0. The van der Waals surface area contributed by atoms with Gasteiger partial charge in [0.2, 0.25) is 0 Å². The third-order valence-corrected chi connectivity index (χ3v) is 4.97. The predicted molar refractivity (Wildman–Crippen MR) is 85.7 cm³/mol. The summed E-state index contributed by atoms with van der Waals surface area (Å²) < 4.78 is 36.9. The van der Waals surface area contributed by atoms with Gasteiger partial charge in [0.05, 0.1) is 4.90 Å². The minimum Gasteiger partial charge on any atom is -0.381 e. The van der Waals surface area contributed by atoms with Gasteiger partial charge in [-0.25, -0.2) is 12.8 Å². The van der Waals surface area contributed by atoms with E-state index in [9.17, 15) is 12.8 Å². The van der Waals surface area contributed by atoms with Gasteiger partial charge in [-0.2, -0.15) is 0 Å². The van der Waals surface area contributed by atoms with Crippen molar-refractivity contribution in [2.45, 2.75) is 18.4 Å². The lowest BCUT2D eigenvalue weighted by molar-refractivity contribution is 0.602. The minimum absolute atomic E-state index is 0.272. The van der Waals surface area contributed by atoms with Crippen LogP contribution in [0.3, 0.4) is 0 Å². The first-order valence-electron chi connectivity index (χ1n) is 6.26. The SMILES string of the molecule is Cc1ccc(S(C)(=O)=O)cc1NCc1ccc(F)cc1Br. The van der Waals surface area contributed by atoms with E-state index in [0.717, 1.165) is 16.8 Å². The summed E-state index contributed by atoms with van der Waals surface area (Å²) in [7, 11) is -3.24. The van der Waals surface area contributed by atoms with Crippen molar-refractivity contribution >= 4 is 31.5 Å². The molecule has 2 rings (SSSR count). The van der Waals surface area contributed by atoms with Crippen LogP contribution in [0.4, 0.5) is 10.1 Å². The molecule has 2 aromatic rings. The Morgan fingerprint density at radius 2 is 1.90 bits per heavy atom. The number of hydrogen-bond donors (Lipinski definition) is 1. The van der Waals surface area contributed by atoms with Crippen molar-refractivity contribution in [3.05, 3.63) is 57.8 Å². The van der Waals surface area contributed by atoms with E-state index in [2.05, 4.69) is 21.2 Å². The van der Waals surface area contributed by atoms with Crippen LogP contribution in [0.2, 0.25) is 0 Å². The number of rotatable bonds is 4. The molecule has 0 heterocycles. The number of sulfone groups is 1. The predicted octanol–water partition coefficient (Wildman–Crippen LogP) is 3.91. The number of anilines is 1. The maximum Gasteiger partial charge on any atom is 0.175 e. The summed E-state index contributed by atoms with van der Waals surface area (Å²) in [4.78, 5) is 0.272. The highest BCUT2D eigenvalue weighted by Gasteiger charge is 2.10. The minimum atomic E-state index is -3.24. The second-order valence-corrected chi connectivity index (χ2v) is 7.71.